The van der Waals surface area contributed by atoms with E-state index in [1.54, 1.807) is 7.05 Å². The summed E-state index contributed by atoms with van der Waals surface area (Å²) in [5.41, 5.74) is 0.0417. The third-order valence-corrected chi connectivity index (χ3v) is 3.75. The molecule has 1 heterocycles. The predicted molar refractivity (Wildman–Crippen MR) is 97.4 cm³/mol. The molecule has 0 aliphatic carbocycles. The number of guanidine groups is 1. The van der Waals surface area contributed by atoms with Gasteiger partial charge in [-0.2, -0.15) is 13.2 Å². The molecule has 2 unspecified atom stereocenters. The molecule has 0 bridgehead atoms. The van der Waals surface area contributed by atoms with Gasteiger partial charge in [0.25, 0.3) is 0 Å². The summed E-state index contributed by atoms with van der Waals surface area (Å²) in [6.45, 7) is 7.68. The summed E-state index contributed by atoms with van der Waals surface area (Å²) >= 11 is 0. The van der Waals surface area contributed by atoms with Crippen LogP contribution in [-0.2, 0) is 4.74 Å². The summed E-state index contributed by atoms with van der Waals surface area (Å²) in [5.74, 6) is 0.734. The zero-order valence-corrected chi connectivity index (χ0v) is 16.6. The maximum atomic E-state index is 12.2. The second-order valence-corrected chi connectivity index (χ2v) is 6.80. The minimum atomic E-state index is -4.15. The van der Waals surface area contributed by atoms with Crippen LogP contribution in [0.3, 0.4) is 0 Å². The van der Waals surface area contributed by atoms with Gasteiger partial charge in [-0.25, -0.2) is 0 Å². The Morgan fingerprint density at radius 2 is 1.87 bits per heavy atom. The number of hydrogen-bond donors (Lipinski definition) is 2. The van der Waals surface area contributed by atoms with E-state index >= 15 is 0 Å². The number of nitrogens with one attached hydrogen (secondary N) is 2. The molecule has 2 atom stereocenters. The SMILES string of the molecule is CN=C(NCCC(F)(F)F)NCC1CCCOC1C(C)(C)C.I. The van der Waals surface area contributed by atoms with Crippen LogP contribution in [0.2, 0.25) is 0 Å². The largest absolute Gasteiger partial charge is 0.390 e. The zero-order valence-electron chi connectivity index (χ0n) is 14.3. The molecule has 8 heteroatoms. The second-order valence-electron chi connectivity index (χ2n) is 6.80. The Kier molecular flexibility index (Phi) is 9.80. The van der Waals surface area contributed by atoms with Crippen molar-refractivity contribution in [3.05, 3.63) is 0 Å². The third kappa shape index (κ3) is 8.97. The molecule has 1 fully saturated rings. The van der Waals surface area contributed by atoms with E-state index in [1.165, 1.54) is 0 Å². The summed E-state index contributed by atoms with van der Waals surface area (Å²) in [4.78, 5) is 3.97. The van der Waals surface area contributed by atoms with Crippen LogP contribution in [0.5, 0.6) is 0 Å². The number of nitrogens with zero attached hydrogens (tertiary/aromatic N) is 1. The lowest BCUT2D eigenvalue weighted by atomic mass is 9.78. The second kappa shape index (κ2) is 9.90. The lowest BCUT2D eigenvalue weighted by Gasteiger charge is -2.40. The van der Waals surface area contributed by atoms with Crippen molar-refractivity contribution in [1.82, 2.24) is 10.6 Å². The first-order chi connectivity index (χ1) is 10.1. The molecular formula is C15H29F3IN3O. The topological polar surface area (TPSA) is 45.7 Å². The average Bonchev–Trinajstić information content (AvgIpc) is 2.40. The monoisotopic (exact) mass is 451 g/mol. The van der Waals surface area contributed by atoms with Gasteiger partial charge in [0.15, 0.2) is 5.96 Å². The van der Waals surface area contributed by atoms with Gasteiger partial charge < -0.3 is 15.4 Å². The summed E-state index contributed by atoms with van der Waals surface area (Å²) in [7, 11) is 1.56. The van der Waals surface area contributed by atoms with Crippen LogP contribution in [-0.4, -0.2) is 45.0 Å². The highest BCUT2D eigenvalue weighted by Gasteiger charge is 2.35. The van der Waals surface area contributed by atoms with Crippen LogP contribution >= 0.6 is 24.0 Å². The summed E-state index contributed by atoms with van der Waals surface area (Å²) in [6.07, 6.45) is -2.82. The van der Waals surface area contributed by atoms with Crippen molar-refractivity contribution >= 4 is 29.9 Å². The fourth-order valence-corrected chi connectivity index (χ4v) is 2.78. The van der Waals surface area contributed by atoms with Crippen molar-refractivity contribution in [2.75, 3.05) is 26.7 Å². The van der Waals surface area contributed by atoms with E-state index in [1.807, 2.05) is 0 Å². The van der Waals surface area contributed by atoms with E-state index in [0.29, 0.717) is 18.4 Å². The van der Waals surface area contributed by atoms with E-state index in [0.717, 1.165) is 19.4 Å². The standard InChI is InChI=1S/C15H28F3N3O.HI/c1-14(2,3)12-11(6-5-9-22-12)10-21-13(19-4)20-8-7-15(16,17)18;/h11-12H,5-10H2,1-4H3,(H2,19,20,21);1H. The van der Waals surface area contributed by atoms with Gasteiger partial charge in [-0.15, -0.1) is 24.0 Å². The van der Waals surface area contributed by atoms with Gasteiger partial charge in [0.2, 0.25) is 0 Å². The van der Waals surface area contributed by atoms with Crippen molar-refractivity contribution < 1.29 is 17.9 Å². The van der Waals surface area contributed by atoms with Crippen LogP contribution in [0.25, 0.3) is 0 Å². The molecule has 4 nitrogen and oxygen atoms in total. The fourth-order valence-electron chi connectivity index (χ4n) is 2.78. The molecular weight excluding hydrogens is 422 g/mol. The first-order valence-corrected chi connectivity index (χ1v) is 7.76. The molecule has 0 aromatic carbocycles. The van der Waals surface area contributed by atoms with Crippen LogP contribution < -0.4 is 10.6 Å². The van der Waals surface area contributed by atoms with Gasteiger partial charge in [0, 0.05) is 32.7 Å². The minimum Gasteiger partial charge on any atom is -0.377 e. The normalized spacial score (nSPS) is 23.2. The minimum absolute atomic E-state index is 0. The molecule has 0 amide bonds. The van der Waals surface area contributed by atoms with Gasteiger partial charge in [-0.05, 0) is 18.3 Å². The number of rotatable bonds is 4. The highest BCUT2D eigenvalue weighted by molar-refractivity contribution is 14.0. The molecule has 0 radical (unpaired) electrons. The molecule has 0 saturated carbocycles. The molecule has 0 spiro atoms. The summed E-state index contributed by atoms with van der Waals surface area (Å²) < 4.78 is 42.4. The van der Waals surface area contributed by atoms with Crippen molar-refractivity contribution in [1.29, 1.82) is 0 Å². The average molecular weight is 451 g/mol. The van der Waals surface area contributed by atoms with Gasteiger partial charge in [-0.3, -0.25) is 4.99 Å². The summed E-state index contributed by atoms with van der Waals surface area (Å²) in [6, 6.07) is 0. The Balaban J connectivity index is 0.00000484. The summed E-state index contributed by atoms with van der Waals surface area (Å²) in [5, 5.41) is 5.82. The molecule has 1 saturated heterocycles. The number of hydrogen-bond acceptors (Lipinski definition) is 2. The predicted octanol–water partition coefficient (Wildman–Crippen LogP) is 3.56. The number of aliphatic imine (C=N–C) groups is 1. The number of halogens is 4. The van der Waals surface area contributed by atoms with Crippen molar-refractivity contribution in [3.8, 4) is 0 Å². The Labute approximate surface area is 154 Å². The van der Waals surface area contributed by atoms with Crippen LogP contribution in [0.15, 0.2) is 4.99 Å². The molecule has 23 heavy (non-hydrogen) atoms. The van der Waals surface area contributed by atoms with Crippen molar-refractivity contribution in [2.24, 2.45) is 16.3 Å². The van der Waals surface area contributed by atoms with Crippen LogP contribution in [0.1, 0.15) is 40.0 Å². The van der Waals surface area contributed by atoms with Gasteiger partial charge in [0.1, 0.15) is 0 Å². The lowest BCUT2D eigenvalue weighted by molar-refractivity contribution is -0.132. The van der Waals surface area contributed by atoms with Gasteiger partial charge >= 0.3 is 6.18 Å². The molecule has 0 aromatic heterocycles. The van der Waals surface area contributed by atoms with E-state index in [-0.39, 0.29) is 42.0 Å². The Bertz CT molecular complexity index is 370. The molecule has 138 valence electrons. The number of alkyl halides is 3. The quantitative estimate of drug-likeness (QED) is 0.391. The fraction of sp³-hybridized carbons (Fsp3) is 0.933. The van der Waals surface area contributed by atoms with Crippen LogP contribution in [0, 0.1) is 11.3 Å². The number of ether oxygens (including phenoxy) is 1. The molecule has 1 aliphatic rings. The Morgan fingerprint density at radius 3 is 2.39 bits per heavy atom. The first kappa shape index (κ1) is 22.8. The maximum absolute atomic E-state index is 12.2. The molecule has 1 rings (SSSR count). The molecule has 0 aromatic rings. The highest BCUT2D eigenvalue weighted by atomic mass is 127. The van der Waals surface area contributed by atoms with Gasteiger partial charge in [-0.1, -0.05) is 20.8 Å². The van der Waals surface area contributed by atoms with Crippen LogP contribution in [0.4, 0.5) is 13.2 Å². The van der Waals surface area contributed by atoms with E-state index in [2.05, 4.69) is 36.4 Å². The van der Waals surface area contributed by atoms with E-state index in [4.69, 9.17) is 4.74 Å². The zero-order chi connectivity index (χ0) is 16.8. The Hall–Kier alpha value is -0.250. The van der Waals surface area contributed by atoms with E-state index < -0.39 is 12.6 Å². The smallest absolute Gasteiger partial charge is 0.377 e. The maximum Gasteiger partial charge on any atom is 0.390 e. The van der Waals surface area contributed by atoms with Gasteiger partial charge in [0.05, 0.1) is 12.5 Å². The molecule has 1 aliphatic heterocycles. The van der Waals surface area contributed by atoms with Crippen molar-refractivity contribution in [2.45, 2.75) is 52.3 Å². The Morgan fingerprint density at radius 1 is 1.22 bits per heavy atom. The van der Waals surface area contributed by atoms with E-state index in [9.17, 15) is 13.2 Å². The first-order valence-electron chi connectivity index (χ1n) is 7.76. The third-order valence-electron chi connectivity index (χ3n) is 3.75. The highest BCUT2D eigenvalue weighted by Crippen LogP contribution is 2.33. The molecule has 2 N–H and O–H groups in total. The lowest BCUT2D eigenvalue weighted by Crippen LogP contribution is -2.47. The van der Waals surface area contributed by atoms with Crippen molar-refractivity contribution in [3.63, 3.8) is 0 Å².